The van der Waals surface area contributed by atoms with Crippen LogP contribution in [0.5, 0.6) is 0 Å². The molecule has 0 unspecified atom stereocenters. The lowest BCUT2D eigenvalue weighted by atomic mass is 9.84. The molecule has 2 aliphatic rings. The summed E-state index contributed by atoms with van der Waals surface area (Å²) in [4.78, 5) is 0. The summed E-state index contributed by atoms with van der Waals surface area (Å²) in [5, 5.41) is 3.39. The molecular weight excluding hydrogens is 186 g/mol. The summed E-state index contributed by atoms with van der Waals surface area (Å²) < 4.78 is 6.01. The highest BCUT2D eigenvalue weighted by Crippen LogP contribution is 2.42. The van der Waals surface area contributed by atoms with Crippen LogP contribution >= 0.6 is 0 Å². The summed E-state index contributed by atoms with van der Waals surface area (Å²) in [6.07, 6.45) is 2.23. The smallest absolute Gasteiger partial charge is 0.0963 e. The third-order valence-electron chi connectivity index (χ3n) is 3.42. The molecule has 82 valence electrons. The molecule has 1 spiro atoms. The second kappa shape index (κ2) is 3.95. The van der Waals surface area contributed by atoms with E-state index in [1.807, 2.05) is 0 Å². The van der Waals surface area contributed by atoms with Crippen molar-refractivity contribution in [3.05, 3.63) is 35.4 Å². The molecule has 3 rings (SSSR count). The molecule has 0 amide bonds. The Balaban J connectivity index is 0.000000853. The van der Waals surface area contributed by atoms with Crippen molar-refractivity contribution in [2.45, 2.75) is 32.5 Å². The van der Waals surface area contributed by atoms with Crippen LogP contribution in [0.2, 0.25) is 0 Å². The zero-order chi connectivity index (χ0) is 9.43. The minimum absolute atomic E-state index is 0. The second-order valence-electron chi connectivity index (χ2n) is 4.19. The van der Waals surface area contributed by atoms with E-state index in [1.165, 1.54) is 11.1 Å². The highest BCUT2D eigenvalue weighted by molar-refractivity contribution is 5.35. The Morgan fingerprint density at radius 1 is 1.13 bits per heavy atom. The fourth-order valence-corrected chi connectivity index (χ4v) is 2.63. The third-order valence-corrected chi connectivity index (χ3v) is 3.42. The Hall–Kier alpha value is -0.860. The van der Waals surface area contributed by atoms with Crippen molar-refractivity contribution in [1.29, 1.82) is 0 Å². The quantitative estimate of drug-likeness (QED) is 0.702. The first-order chi connectivity index (χ1) is 6.91. The van der Waals surface area contributed by atoms with Crippen molar-refractivity contribution in [1.82, 2.24) is 5.32 Å². The highest BCUT2D eigenvalue weighted by Gasteiger charge is 2.40. The molecule has 0 aliphatic carbocycles. The van der Waals surface area contributed by atoms with Crippen LogP contribution < -0.4 is 5.32 Å². The second-order valence-corrected chi connectivity index (χ2v) is 4.19. The molecule has 2 nitrogen and oxygen atoms in total. The first-order valence-electron chi connectivity index (χ1n) is 5.34. The van der Waals surface area contributed by atoms with E-state index >= 15 is 0 Å². The zero-order valence-electron chi connectivity index (χ0n) is 8.25. The first-order valence-corrected chi connectivity index (χ1v) is 5.34. The predicted molar refractivity (Wildman–Crippen MR) is 61.7 cm³/mol. The van der Waals surface area contributed by atoms with E-state index in [0.29, 0.717) is 0 Å². The van der Waals surface area contributed by atoms with Gasteiger partial charge in [0.25, 0.3) is 0 Å². The molecular formula is C13H19NO. The summed E-state index contributed by atoms with van der Waals surface area (Å²) in [5.74, 6) is 0. The van der Waals surface area contributed by atoms with E-state index in [1.54, 1.807) is 0 Å². The summed E-state index contributed by atoms with van der Waals surface area (Å²) in [5.41, 5.74) is 2.86. The van der Waals surface area contributed by atoms with Gasteiger partial charge < -0.3 is 10.1 Å². The highest BCUT2D eigenvalue weighted by atomic mass is 16.5. The number of benzene rings is 1. The molecule has 2 heterocycles. The predicted octanol–water partition coefficient (Wildman–Crippen LogP) is 2.43. The molecule has 0 aromatic heterocycles. The molecule has 0 atom stereocenters. The standard InChI is InChI=1S/C12H15NO.CH4/c1-2-4-11-10(3-1)9-14-12(11)5-7-13-8-6-12;/h1-4,13H,5-9H2;1H4. The summed E-state index contributed by atoms with van der Waals surface area (Å²) in [7, 11) is 0. The van der Waals surface area contributed by atoms with E-state index in [-0.39, 0.29) is 13.0 Å². The van der Waals surface area contributed by atoms with Crippen molar-refractivity contribution in [2.24, 2.45) is 0 Å². The number of hydrogen-bond donors (Lipinski definition) is 1. The summed E-state index contributed by atoms with van der Waals surface area (Å²) >= 11 is 0. The van der Waals surface area contributed by atoms with E-state index in [2.05, 4.69) is 29.6 Å². The minimum atomic E-state index is 0. The number of rotatable bonds is 0. The first kappa shape index (κ1) is 10.7. The zero-order valence-corrected chi connectivity index (χ0v) is 8.25. The SMILES string of the molecule is C.c1ccc2c(c1)COC21CCNCC1. The van der Waals surface area contributed by atoms with Crippen molar-refractivity contribution in [2.75, 3.05) is 13.1 Å². The van der Waals surface area contributed by atoms with E-state index in [9.17, 15) is 0 Å². The lowest BCUT2D eigenvalue weighted by Gasteiger charge is -2.33. The molecule has 0 bridgehead atoms. The van der Waals surface area contributed by atoms with Crippen LogP contribution in [0, 0.1) is 0 Å². The largest absolute Gasteiger partial charge is 0.365 e. The number of nitrogens with one attached hydrogen (secondary N) is 1. The molecule has 1 saturated heterocycles. The Bertz CT molecular complexity index is 337. The molecule has 1 aromatic rings. The molecule has 2 heteroatoms. The van der Waals surface area contributed by atoms with E-state index in [0.717, 1.165) is 32.5 Å². The lowest BCUT2D eigenvalue weighted by molar-refractivity contribution is -0.0590. The van der Waals surface area contributed by atoms with Crippen LogP contribution in [0.4, 0.5) is 0 Å². The molecule has 0 saturated carbocycles. The lowest BCUT2D eigenvalue weighted by Crippen LogP contribution is -2.39. The molecule has 2 aliphatic heterocycles. The normalized spacial score (nSPS) is 22.1. The Morgan fingerprint density at radius 3 is 2.67 bits per heavy atom. The van der Waals surface area contributed by atoms with Crippen molar-refractivity contribution >= 4 is 0 Å². The molecule has 15 heavy (non-hydrogen) atoms. The van der Waals surface area contributed by atoms with Gasteiger partial charge in [0.2, 0.25) is 0 Å². The third kappa shape index (κ3) is 1.58. The van der Waals surface area contributed by atoms with Crippen molar-refractivity contribution < 1.29 is 4.74 Å². The molecule has 1 aromatic carbocycles. The van der Waals surface area contributed by atoms with E-state index < -0.39 is 0 Å². The maximum atomic E-state index is 6.01. The van der Waals surface area contributed by atoms with Gasteiger partial charge in [-0.05, 0) is 37.1 Å². The van der Waals surface area contributed by atoms with Crippen LogP contribution in [0.1, 0.15) is 31.4 Å². The van der Waals surface area contributed by atoms with Gasteiger partial charge in [0, 0.05) is 0 Å². The molecule has 1 fully saturated rings. The van der Waals surface area contributed by atoms with Gasteiger partial charge >= 0.3 is 0 Å². The van der Waals surface area contributed by atoms with Gasteiger partial charge in [0.1, 0.15) is 0 Å². The monoisotopic (exact) mass is 205 g/mol. The molecule has 1 N–H and O–H groups in total. The maximum Gasteiger partial charge on any atom is 0.0963 e. The molecule has 0 radical (unpaired) electrons. The van der Waals surface area contributed by atoms with Gasteiger partial charge in [-0.15, -0.1) is 0 Å². The van der Waals surface area contributed by atoms with Gasteiger partial charge in [0.05, 0.1) is 12.2 Å². The van der Waals surface area contributed by atoms with E-state index in [4.69, 9.17) is 4.74 Å². The Morgan fingerprint density at radius 2 is 1.87 bits per heavy atom. The van der Waals surface area contributed by atoms with Gasteiger partial charge in [-0.3, -0.25) is 0 Å². The van der Waals surface area contributed by atoms with Crippen LogP contribution in [0.25, 0.3) is 0 Å². The van der Waals surface area contributed by atoms with Gasteiger partial charge in [-0.25, -0.2) is 0 Å². The average molecular weight is 205 g/mol. The van der Waals surface area contributed by atoms with Crippen LogP contribution in [-0.4, -0.2) is 13.1 Å². The Kier molecular flexibility index (Phi) is 2.81. The average Bonchev–Trinajstić information content (AvgIpc) is 2.60. The number of ether oxygens (including phenoxy) is 1. The van der Waals surface area contributed by atoms with Gasteiger partial charge in [0.15, 0.2) is 0 Å². The maximum absolute atomic E-state index is 6.01. The van der Waals surface area contributed by atoms with Gasteiger partial charge in [-0.1, -0.05) is 31.7 Å². The minimum Gasteiger partial charge on any atom is -0.365 e. The number of piperidine rings is 1. The Labute approximate surface area is 91.6 Å². The summed E-state index contributed by atoms with van der Waals surface area (Å²) in [6, 6.07) is 8.64. The van der Waals surface area contributed by atoms with Crippen LogP contribution in [-0.2, 0) is 16.9 Å². The summed E-state index contributed by atoms with van der Waals surface area (Å²) in [6.45, 7) is 2.96. The fraction of sp³-hybridized carbons (Fsp3) is 0.538. The van der Waals surface area contributed by atoms with Crippen molar-refractivity contribution in [3.8, 4) is 0 Å². The number of hydrogen-bond acceptors (Lipinski definition) is 2. The van der Waals surface area contributed by atoms with Gasteiger partial charge in [-0.2, -0.15) is 0 Å². The van der Waals surface area contributed by atoms with Crippen molar-refractivity contribution in [3.63, 3.8) is 0 Å². The van der Waals surface area contributed by atoms with Crippen LogP contribution in [0.15, 0.2) is 24.3 Å². The topological polar surface area (TPSA) is 21.3 Å². The fourth-order valence-electron chi connectivity index (χ4n) is 2.63. The number of fused-ring (bicyclic) bond motifs is 2. The van der Waals surface area contributed by atoms with Crippen LogP contribution in [0.3, 0.4) is 0 Å².